The van der Waals surface area contributed by atoms with Crippen LogP contribution in [0.15, 0.2) is 22.9 Å². The van der Waals surface area contributed by atoms with Gasteiger partial charge in [-0.3, -0.25) is 4.79 Å². The van der Waals surface area contributed by atoms with Crippen LogP contribution in [0.3, 0.4) is 0 Å². The van der Waals surface area contributed by atoms with Crippen molar-refractivity contribution in [3.8, 4) is 0 Å². The van der Waals surface area contributed by atoms with E-state index in [2.05, 4.69) is 21.7 Å². The lowest BCUT2D eigenvalue weighted by Gasteiger charge is -2.18. The van der Waals surface area contributed by atoms with Crippen LogP contribution < -0.4 is 5.32 Å². The van der Waals surface area contributed by atoms with Gasteiger partial charge in [0, 0.05) is 29.0 Å². The number of aryl methyl sites for hydroxylation is 1. The Kier molecular flexibility index (Phi) is 4.67. The summed E-state index contributed by atoms with van der Waals surface area (Å²) in [5.74, 6) is 0.0683. The predicted octanol–water partition coefficient (Wildman–Crippen LogP) is 2.95. The smallest absolute Gasteiger partial charge is 0.226 e. The molecule has 1 saturated heterocycles. The summed E-state index contributed by atoms with van der Waals surface area (Å²) >= 11 is 3.32. The number of thiazole rings is 1. The van der Waals surface area contributed by atoms with E-state index >= 15 is 0 Å². The molecule has 1 aliphatic rings. The van der Waals surface area contributed by atoms with Crippen molar-refractivity contribution in [2.45, 2.75) is 25.8 Å². The Balaban J connectivity index is 1.73. The van der Waals surface area contributed by atoms with Crippen molar-refractivity contribution in [2.24, 2.45) is 5.92 Å². The second kappa shape index (κ2) is 6.68. The summed E-state index contributed by atoms with van der Waals surface area (Å²) < 4.78 is 5.30. The molecular formula is C15H18N2O2S2. The fourth-order valence-electron chi connectivity index (χ4n) is 2.39. The summed E-state index contributed by atoms with van der Waals surface area (Å²) in [6.45, 7) is 3.20. The molecule has 21 heavy (non-hydrogen) atoms. The monoisotopic (exact) mass is 322 g/mol. The number of carbonyl (C=O) groups is 1. The van der Waals surface area contributed by atoms with Gasteiger partial charge in [-0.1, -0.05) is 6.07 Å². The van der Waals surface area contributed by atoms with Crippen LogP contribution in [0, 0.1) is 12.8 Å². The Labute approximate surface area is 132 Å². The molecular weight excluding hydrogens is 304 g/mol. The Bertz CT molecular complexity index is 589. The first-order valence-corrected chi connectivity index (χ1v) is 8.81. The van der Waals surface area contributed by atoms with Gasteiger partial charge in [-0.2, -0.15) is 0 Å². The summed E-state index contributed by atoms with van der Waals surface area (Å²) in [5.41, 5.74) is 1.00. The summed E-state index contributed by atoms with van der Waals surface area (Å²) in [7, 11) is 0. The van der Waals surface area contributed by atoms with Crippen LogP contribution in [0.5, 0.6) is 0 Å². The van der Waals surface area contributed by atoms with Gasteiger partial charge in [-0.15, -0.1) is 22.7 Å². The van der Waals surface area contributed by atoms with Crippen LogP contribution >= 0.6 is 22.7 Å². The number of hydrogen-bond acceptors (Lipinski definition) is 5. The Morgan fingerprint density at radius 2 is 2.48 bits per heavy atom. The summed E-state index contributed by atoms with van der Waals surface area (Å²) in [6, 6.07) is 4.09. The van der Waals surface area contributed by atoms with Crippen LogP contribution in [-0.2, 0) is 16.0 Å². The van der Waals surface area contributed by atoms with Crippen LogP contribution in [0.4, 0.5) is 0 Å². The molecule has 1 fully saturated rings. The first kappa shape index (κ1) is 14.7. The number of amides is 1. The molecule has 0 aliphatic carbocycles. The Morgan fingerprint density at radius 1 is 1.57 bits per heavy atom. The van der Waals surface area contributed by atoms with E-state index in [4.69, 9.17) is 4.74 Å². The third kappa shape index (κ3) is 3.70. The minimum absolute atomic E-state index is 0.0168. The van der Waals surface area contributed by atoms with Gasteiger partial charge < -0.3 is 10.1 Å². The number of nitrogens with one attached hydrogen (secondary N) is 1. The van der Waals surface area contributed by atoms with Crippen molar-refractivity contribution in [2.75, 3.05) is 13.2 Å². The quantitative estimate of drug-likeness (QED) is 0.921. The fraction of sp³-hybridized carbons (Fsp3) is 0.467. The zero-order valence-electron chi connectivity index (χ0n) is 11.9. The number of hydrogen-bond donors (Lipinski definition) is 1. The average Bonchev–Trinajstić information content (AvgIpc) is 3.20. The lowest BCUT2D eigenvalue weighted by atomic mass is 10.1. The second-order valence-electron chi connectivity index (χ2n) is 5.23. The molecule has 2 aromatic heterocycles. The highest BCUT2D eigenvalue weighted by atomic mass is 32.1. The second-order valence-corrected chi connectivity index (χ2v) is 7.15. The molecule has 1 N–H and O–H groups in total. The Hall–Kier alpha value is -1.24. The maximum Gasteiger partial charge on any atom is 0.226 e. The van der Waals surface area contributed by atoms with E-state index in [-0.39, 0.29) is 17.9 Å². The largest absolute Gasteiger partial charge is 0.381 e. The Morgan fingerprint density at radius 3 is 3.10 bits per heavy atom. The molecule has 2 atom stereocenters. The molecule has 6 heteroatoms. The molecule has 1 amide bonds. The van der Waals surface area contributed by atoms with E-state index < -0.39 is 0 Å². The number of carbonyl (C=O) groups excluding carboxylic acids is 1. The lowest BCUT2D eigenvalue weighted by molar-refractivity contribution is -0.125. The number of nitrogens with zero attached hydrogens (tertiary/aromatic N) is 1. The third-order valence-electron chi connectivity index (χ3n) is 3.54. The first-order valence-electron chi connectivity index (χ1n) is 7.05. The number of aromatic nitrogens is 1. The van der Waals surface area contributed by atoms with Crippen molar-refractivity contribution < 1.29 is 9.53 Å². The summed E-state index contributed by atoms with van der Waals surface area (Å²) in [5, 5.41) is 8.23. The molecule has 0 saturated carbocycles. The van der Waals surface area contributed by atoms with Crippen molar-refractivity contribution in [1.82, 2.24) is 10.3 Å². The average molecular weight is 322 g/mol. The van der Waals surface area contributed by atoms with E-state index in [1.807, 2.05) is 18.4 Å². The number of ether oxygens (including phenoxy) is 1. The van der Waals surface area contributed by atoms with Gasteiger partial charge in [0.2, 0.25) is 5.91 Å². The molecule has 0 radical (unpaired) electrons. The van der Waals surface area contributed by atoms with E-state index in [0.717, 1.165) is 23.5 Å². The summed E-state index contributed by atoms with van der Waals surface area (Å²) in [6.07, 6.45) is 1.61. The zero-order valence-corrected chi connectivity index (χ0v) is 13.5. The molecule has 4 nitrogen and oxygen atoms in total. The molecule has 1 aliphatic heterocycles. The van der Waals surface area contributed by atoms with Gasteiger partial charge in [0.1, 0.15) is 5.01 Å². The third-order valence-corrected chi connectivity index (χ3v) is 5.51. The van der Waals surface area contributed by atoms with Crippen LogP contribution in [0.25, 0.3) is 0 Å². The molecule has 0 aromatic carbocycles. The summed E-state index contributed by atoms with van der Waals surface area (Å²) in [4.78, 5) is 18.2. The topological polar surface area (TPSA) is 51.2 Å². The van der Waals surface area contributed by atoms with Gasteiger partial charge >= 0.3 is 0 Å². The lowest BCUT2D eigenvalue weighted by Crippen LogP contribution is -2.35. The van der Waals surface area contributed by atoms with E-state index in [0.29, 0.717) is 13.2 Å². The molecule has 2 aromatic rings. The standard InChI is InChI=1S/C15H18N2O2S2/c1-10-9-21-15(16-10)13(7-12-3-2-6-20-12)17-14(18)11-4-5-19-8-11/h2-3,6,9,11,13H,4-5,7-8H2,1H3,(H,17,18)/t11-,13-/m0/s1. The molecule has 0 bridgehead atoms. The van der Waals surface area contributed by atoms with E-state index in [9.17, 15) is 4.79 Å². The van der Waals surface area contributed by atoms with Crippen molar-refractivity contribution in [3.63, 3.8) is 0 Å². The van der Waals surface area contributed by atoms with Gasteiger partial charge in [0.15, 0.2) is 0 Å². The van der Waals surface area contributed by atoms with Gasteiger partial charge in [0.25, 0.3) is 0 Å². The van der Waals surface area contributed by atoms with Gasteiger partial charge in [-0.25, -0.2) is 4.98 Å². The SMILES string of the molecule is Cc1csc([C@H](Cc2cccs2)NC(=O)[C@H]2CCOC2)n1. The van der Waals surface area contributed by atoms with Crippen molar-refractivity contribution >= 4 is 28.6 Å². The zero-order chi connectivity index (χ0) is 14.7. The fourth-order valence-corrected chi connectivity index (χ4v) is 3.99. The maximum absolute atomic E-state index is 12.4. The normalized spacial score (nSPS) is 19.6. The molecule has 0 spiro atoms. The highest BCUT2D eigenvalue weighted by molar-refractivity contribution is 7.10. The minimum atomic E-state index is -0.0459. The van der Waals surface area contributed by atoms with E-state index in [1.54, 1.807) is 22.7 Å². The molecule has 3 heterocycles. The number of thiophene rings is 1. The number of rotatable bonds is 5. The maximum atomic E-state index is 12.4. The van der Waals surface area contributed by atoms with Crippen LogP contribution in [-0.4, -0.2) is 24.1 Å². The molecule has 3 rings (SSSR count). The minimum Gasteiger partial charge on any atom is -0.381 e. The molecule has 112 valence electrons. The van der Waals surface area contributed by atoms with E-state index in [1.165, 1.54) is 4.88 Å². The molecule has 0 unspecified atom stereocenters. The predicted molar refractivity (Wildman–Crippen MR) is 84.7 cm³/mol. The van der Waals surface area contributed by atoms with Gasteiger partial charge in [0.05, 0.1) is 18.6 Å². The van der Waals surface area contributed by atoms with Crippen molar-refractivity contribution in [3.05, 3.63) is 38.5 Å². The highest BCUT2D eigenvalue weighted by Crippen LogP contribution is 2.25. The van der Waals surface area contributed by atoms with Crippen LogP contribution in [0.1, 0.15) is 28.0 Å². The van der Waals surface area contributed by atoms with Gasteiger partial charge in [-0.05, 0) is 24.8 Å². The van der Waals surface area contributed by atoms with Crippen LogP contribution in [0.2, 0.25) is 0 Å². The highest BCUT2D eigenvalue weighted by Gasteiger charge is 2.27. The first-order chi connectivity index (χ1) is 10.2. The van der Waals surface area contributed by atoms with Crippen molar-refractivity contribution in [1.29, 1.82) is 0 Å².